The largest absolute Gasteiger partial charge is 0.437 e. The number of halogens is 2. The molecule has 1 aliphatic heterocycles. The molecule has 0 saturated carbocycles. The number of benzene rings is 5. The Kier molecular flexibility index (Phi) is 17.1. The lowest BCUT2D eigenvalue weighted by atomic mass is 9.99. The number of sulfone groups is 2. The molecule has 1 saturated heterocycles. The number of nitrogens with one attached hydrogen (secondary N) is 1. The molecule has 5 aromatic carbocycles. The molecule has 7 rings (SSSR count). The van der Waals surface area contributed by atoms with Gasteiger partial charge in [0, 0.05) is 89.1 Å². The van der Waals surface area contributed by atoms with Gasteiger partial charge >= 0.3 is 7.75 Å². The Morgan fingerprint density at radius 1 is 0.817 bits per heavy atom. The molecule has 13 nitrogen and oxygen atoms in total. The third-order valence-corrected chi connectivity index (χ3v) is 17.7. The number of nitrogens with zero attached hydrogens (tertiary/aromatic N) is 5. The molecule has 1 unspecified atom stereocenters. The molecule has 0 aliphatic carbocycles. The third kappa shape index (κ3) is 12.9. The van der Waals surface area contributed by atoms with Gasteiger partial charge in [0.1, 0.15) is 5.82 Å². The first-order valence-corrected chi connectivity index (χ1v) is 30.1. The molecule has 0 spiro atoms. The lowest BCUT2D eigenvalue weighted by molar-refractivity contribution is 0.274. The van der Waals surface area contributed by atoms with Crippen molar-refractivity contribution in [3.05, 3.63) is 132 Å². The van der Waals surface area contributed by atoms with Gasteiger partial charge in [0.25, 0.3) is 0 Å². The molecule has 6 aromatic rings. The number of anilines is 5. The van der Waals surface area contributed by atoms with Crippen molar-refractivity contribution in [2.24, 2.45) is 0 Å². The first-order valence-electron chi connectivity index (χ1n) is 23.4. The van der Waals surface area contributed by atoms with Gasteiger partial charge in [-0.3, -0.25) is 4.52 Å². The summed E-state index contributed by atoms with van der Waals surface area (Å²) in [4.78, 5) is 19.0. The summed E-state index contributed by atoms with van der Waals surface area (Å²) in [7, 11) is -8.21. The zero-order valence-electron chi connectivity index (χ0n) is 41.3. The zero-order chi connectivity index (χ0) is 51.4. The summed E-state index contributed by atoms with van der Waals surface area (Å²) < 4.78 is 92.5. The van der Waals surface area contributed by atoms with Crippen molar-refractivity contribution in [3.8, 4) is 22.4 Å². The van der Waals surface area contributed by atoms with E-state index in [4.69, 9.17) is 16.1 Å². The maximum absolute atomic E-state index is 15.8. The Morgan fingerprint density at radius 3 is 2.01 bits per heavy atom. The smallest absolute Gasteiger partial charge is 0.380 e. The highest BCUT2D eigenvalue weighted by molar-refractivity contribution is 7.99. The van der Waals surface area contributed by atoms with Gasteiger partial charge in [-0.15, -0.1) is 11.8 Å². The minimum absolute atomic E-state index is 0.0158. The van der Waals surface area contributed by atoms with Gasteiger partial charge in [0.15, 0.2) is 19.7 Å². The number of hydrogen-bond acceptors (Lipinski definition) is 11. The van der Waals surface area contributed by atoms with Crippen LogP contribution in [0.25, 0.3) is 22.4 Å². The molecule has 380 valence electrons. The predicted molar refractivity (Wildman–Crippen MR) is 290 cm³/mol. The summed E-state index contributed by atoms with van der Waals surface area (Å²) in [5.41, 5.74) is 5.17. The first kappa shape index (κ1) is 53.9. The fourth-order valence-electron chi connectivity index (χ4n) is 9.15. The number of piperazine rings is 1. The summed E-state index contributed by atoms with van der Waals surface area (Å²) in [5.74, 6) is 0.174. The maximum Gasteiger partial charge on any atom is 0.437 e. The standard InChI is InChI=1S/C52H63ClFN6O7PS3/c1-9-67-68(61,62)60(45-23-24-48(49(34-45)70(7,63)64)55-42(25-26-56(5)6)35-69-47-13-11-10-12-14-47)44-21-19-43(20-22-44)57-27-29-58(30-28-57)46-32-39(31-41(54)33-46)50-51(38-15-17-40(53)18-16-38)59(36(2)3)37(4)52(50)71(8,65)66/h10-24,31-34,36,42,55H,9,25-30,35H2,1-8H3,(H,61,62)/t42-/m1/s1. The quantitative estimate of drug-likeness (QED) is 0.0553. The second kappa shape index (κ2) is 22.5. The molecule has 19 heteroatoms. The topological polar surface area (TPSA) is 145 Å². The van der Waals surface area contributed by atoms with Crippen LogP contribution >= 0.6 is 31.1 Å². The van der Waals surface area contributed by atoms with Crippen LogP contribution in [0.1, 0.15) is 38.9 Å². The number of aromatic nitrogens is 1. The van der Waals surface area contributed by atoms with E-state index in [1.165, 1.54) is 24.5 Å². The number of thioether (sulfide) groups is 1. The molecular formula is C52H63ClFN6O7PS3. The molecule has 2 N–H and O–H groups in total. The van der Waals surface area contributed by atoms with Gasteiger partial charge in [0.2, 0.25) is 0 Å². The second-order valence-corrected chi connectivity index (χ2v) is 25.4. The van der Waals surface area contributed by atoms with Crippen molar-refractivity contribution >= 4 is 79.2 Å². The van der Waals surface area contributed by atoms with Crippen LogP contribution in [-0.4, -0.2) is 109 Å². The maximum atomic E-state index is 15.8. The van der Waals surface area contributed by atoms with Crippen molar-refractivity contribution in [1.82, 2.24) is 9.47 Å². The Bertz CT molecular complexity index is 3100. The van der Waals surface area contributed by atoms with Gasteiger partial charge < -0.3 is 29.5 Å². The second-order valence-electron chi connectivity index (χ2n) is 18.3. The predicted octanol–water partition coefficient (Wildman–Crippen LogP) is 11.4. The van der Waals surface area contributed by atoms with Gasteiger partial charge in [-0.05, 0) is 151 Å². The third-order valence-electron chi connectivity index (χ3n) is 12.3. The molecule has 0 bridgehead atoms. The van der Waals surface area contributed by atoms with E-state index in [-0.39, 0.29) is 34.2 Å². The summed E-state index contributed by atoms with van der Waals surface area (Å²) in [6.07, 6.45) is 3.04. The highest BCUT2D eigenvalue weighted by Crippen LogP contribution is 2.55. The molecule has 1 fully saturated rings. The van der Waals surface area contributed by atoms with Crippen molar-refractivity contribution < 1.29 is 35.2 Å². The number of rotatable bonds is 20. The summed E-state index contributed by atoms with van der Waals surface area (Å²) in [5, 5.41) is 4.02. The van der Waals surface area contributed by atoms with Gasteiger partial charge in [0.05, 0.1) is 39.2 Å². The van der Waals surface area contributed by atoms with Crippen LogP contribution in [0, 0.1) is 12.7 Å². The SMILES string of the molecule is CCOP(=O)(O)N(c1ccc(N2CCN(c3cc(F)cc(-c4c(S(C)(=O)=O)c(C)n(C(C)C)c4-c4ccc(Cl)cc4)c3)CC2)cc1)c1ccc(N[C@H](CCN(C)C)CSc2ccccc2)c(S(C)(=O)=O)c1. The zero-order valence-corrected chi connectivity index (χ0v) is 45.4. The van der Waals surface area contributed by atoms with E-state index in [0.29, 0.717) is 76.5 Å². The van der Waals surface area contributed by atoms with E-state index in [2.05, 4.69) is 20.0 Å². The Morgan fingerprint density at radius 2 is 1.44 bits per heavy atom. The summed E-state index contributed by atoms with van der Waals surface area (Å²) in [6.45, 7) is 10.2. The first-order chi connectivity index (χ1) is 33.5. The lowest BCUT2D eigenvalue weighted by Gasteiger charge is -2.38. The minimum atomic E-state index is -4.57. The molecule has 2 atom stereocenters. The molecular weight excluding hydrogens is 1000 g/mol. The fourth-order valence-corrected chi connectivity index (χ4v) is 13.6. The van der Waals surface area contributed by atoms with Crippen molar-refractivity contribution in [3.63, 3.8) is 0 Å². The van der Waals surface area contributed by atoms with E-state index < -0.39 is 33.2 Å². The Balaban J connectivity index is 1.14. The van der Waals surface area contributed by atoms with E-state index in [0.717, 1.165) is 40.0 Å². The van der Waals surface area contributed by atoms with Gasteiger partial charge in [-0.2, -0.15) is 0 Å². The van der Waals surface area contributed by atoms with Gasteiger partial charge in [-0.1, -0.05) is 41.9 Å². The molecule has 1 aromatic heterocycles. The summed E-state index contributed by atoms with van der Waals surface area (Å²) in [6, 6.07) is 33.5. The monoisotopic (exact) mass is 1060 g/mol. The van der Waals surface area contributed by atoms with Crippen LogP contribution in [0.3, 0.4) is 0 Å². The fraction of sp³-hybridized carbons (Fsp3) is 0.346. The normalized spacial score (nSPS) is 14.8. The van der Waals surface area contributed by atoms with Crippen LogP contribution in [-0.2, 0) is 28.8 Å². The molecule has 71 heavy (non-hydrogen) atoms. The van der Waals surface area contributed by atoms with Crippen molar-refractivity contribution in [2.75, 3.05) is 91.5 Å². The van der Waals surface area contributed by atoms with Crippen molar-refractivity contribution in [1.29, 1.82) is 0 Å². The van der Waals surface area contributed by atoms with Crippen LogP contribution in [0.15, 0.2) is 130 Å². The highest BCUT2D eigenvalue weighted by Gasteiger charge is 2.34. The van der Waals surface area contributed by atoms with E-state index >= 15 is 4.39 Å². The van der Waals surface area contributed by atoms with E-state index in [9.17, 15) is 26.3 Å². The van der Waals surface area contributed by atoms with Crippen LogP contribution in [0.4, 0.5) is 32.8 Å². The highest BCUT2D eigenvalue weighted by atomic mass is 35.5. The lowest BCUT2D eigenvalue weighted by Crippen LogP contribution is -2.46. The van der Waals surface area contributed by atoms with E-state index in [1.807, 2.05) is 93.2 Å². The number of hydrogen-bond donors (Lipinski definition) is 2. The molecule has 0 radical (unpaired) electrons. The van der Waals surface area contributed by atoms with Crippen LogP contribution in [0.5, 0.6) is 0 Å². The minimum Gasteiger partial charge on any atom is -0.380 e. The van der Waals surface area contributed by atoms with Crippen LogP contribution in [0.2, 0.25) is 5.02 Å². The van der Waals surface area contributed by atoms with E-state index in [1.54, 1.807) is 62.0 Å². The van der Waals surface area contributed by atoms with Gasteiger partial charge in [-0.25, -0.2) is 30.5 Å². The van der Waals surface area contributed by atoms with Crippen LogP contribution < -0.4 is 19.8 Å². The Hall–Kier alpha value is -4.84. The Labute approximate surface area is 428 Å². The average molecular weight is 1070 g/mol. The summed E-state index contributed by atoms with van der Waals surface area (Å²) >= 11 is 7.95. The van der Waals surface area contributed by atoms with Crippen molar-refractivity contribution in [2.45, 2.75) is 60.9 Å². The molecule has 1 aliphatic rings. The molecule has 2 heterocycles. The average Bonchev–Trinajstić information content (AvgIpc) is 3.64. The molecule has 0 amide bonds.